The minimum absolute atomic E-state index is 0.179. The summed E-state index contributed by atoms with van der Waals surface area (Å²) in [5, 5.41) is 6.17. The van der Waals surface area contributed by atoms with E-state index in [1.54, 1.807) is 6.92 Å². The van der Waals surface area contributed by atoms with Crippen LogP contribution in [0, 0.1) is 12.7 Å². The number of halogens is 2. The highest BCUT2D eigenvalue weighted by Crippen LogP contribution is 2.23. The lowest BCUT2D eigenvalue weighted by Gasteiger charge is -2.05. The van der Waals surface area contributed by atoms with Gasteiger partial charge in [-0.25, -0.2) is 4.39 Å². The van der Waals surface area contributed by atoms with Gasteiger partial charge in [0.25, 0.3) is 5.91 Å². The lowest BCUT2D eigenvalue weighted by Crippen LogP contribution is -2.12. The Bertz CT molecular complexity index is 568. The number of carbonyl (C=O) groups is 1. The molecule has 0 radical (unpaired) electrons. The third kappa shape index (κ3) is 2.71. The van der Waals surface area contributed by atoms with E-state index in [4.69, 9.17) is 4.52 Å². The van der Waals surface area contributed by atoms with Crippen LogP contribution in [0.15, 0.2) is 33.3 Å². The smallest absolute Gasteiger partial charge is 0.277 e. The lowest BCUT2D eigenvalue weighted by atomic mass is 10.3. The summed E-state index contributed by atoms with van der Waals surface area (Å²) in [5.41, 5.74) is 0.649. The van der Waals surface area contributed by atoms with Gasteiger partial charge in [0.2, 0.25) is 0 Å². The molecule has 0 bridgehead atoms. The summed E-state index contributed by atoms with van der Waals surface area (Å²) in [6.45, 7) is 1.69. The van der Waals surface area contributed by atoms with E-state index in [9.17, 15) is 9.18 Å². The van der Waals surface area contributed by atoms with Crippen LogP contribution >= 0.6 is 15.9 Å². The van der Waals surface area contributed by atoms with Gasteiger partial charge in [-0.2, -0.15) is 0 Å². The average Bonchev–Trinajstić information content (AvgIpc) is 2.69. The summed E-state index contributed by atoms with van der Waals surface area (Å²) in [4.78, 5) is 11.7. The molecule has 0 aliphatic rings. The van der Waals surface area contributed by atoms with E-state index < -0.39 is 5.91 Å². The maximum Gasteiger partial charge on any atom is 0.277 e. The van der Waals surface area contributed by atoms with Crippen molar-refractivity contribution in [1.82, 2.24) is 5.16 Å². The molecule has 0 saturated heterocycles. The van der Waals surface area contributed by atoms with E-state index in [0.29, 0.717) is 15.9 Å². The molecular formula is C11H8BrFN2O2. The number of anilines is 1. The van der Waals surface area contributed by atoms with Gasteiger partial charge in [0.1, 0.15) is 11.6 Å². The Morgan fingerprint density at radius 1 is 1.47 bits per heavy atom. The number of nitrogens with one attached hydrogen (secondary N) is 1. The summed E-state index contributed by atoms with van der Waals surface area (Å²) in [6, 6.07) is 5.51. The van der Waals surface area contributed by atoms with Gasteiger partial charge >= 0.3 is 0 Å². The van der Waals surface area contributed by atoms with E-state index in [1.165, 1.54) is 24.3 Å². The van der Waals surface area contributed by atoms with E-state index in [0.717, 1.165) is 0 Å². The number of hydrogen-bond donors (Lipinski definition) is 1. The van der Waals surface area contributed by atoms with Crippen LogP contribution in [0.25, 0.3) is 0 Å². The predicted molar refractivity (Wildman–Crippen MR) is 63.3 cm³/mol. The third-order valence-electron chi connectivity index (χ3n) is 2.04. The first-order valence-electron chi connectivity index (χ1n) is 4.76. The number of nitrogens with zero attached hydrogens (tertiary/aromatic N) is 1. The Balaban J connectivity index is 2.18. The summed E-state index contributed by atoms with van der Waals surface area (Å²) >= 11 is 3.15. The molecule has 0 atom stereocenters. The summed E-state index contributed by atoms with van der Waals surface area (Å²) < 4.78 is 18.1. The first-order chi connectivity index (χ1) is 8.06. The molecule has 2 aromatic rings. The van der Waals surface area contributed by atoms with Crippen molar-refractivity contribution < 1.29 is 13.7 Å². The molecule has 1 N–H and O–H groups in total. The molecule has 1 aromatic heterocycles. The Morgan fingerprint density at radius 2 is 2.24 bits per heavy atom. The maximum atomic E-state index is 12.8. The fraction of sp³-hybridized carbons (Fsp3) is 0.0909. The van der Waals surface area contributed by atoms with E-state index >= 15 is 0 Å². The highest BCUT2D eigenvalue weighted by Gasteiger charge is 2.12. The van der Waals surface area contributed by atoms with Crippen molar-refractivity contribution in [2.75, 3.05) is 5.32 Å². The molecule has 0 saturated carbocycles. The Morgan fingerprint density at radius 3 is 2.82 bits per heavy atom. The van der Waals surface area contributed by atoms with Gasteiger partial charge in [0, 0.05) is 10.5 Å². The minimum atomic E-state index is -0.408. The Kier molecular flexibility index (Phi) is 3.23. The minimum Gasteiger partial charge on any atom is -0.361 e. The highest BCUT2D eigenvalue weighted by atomic mass is 79.9. The number of aryl methyl sites for hydroxylation is 1. The van der Waals surface area contributed by atoms with Crippen molar-refractivity contribution in [3.63, 3.8) is 0 Å². The molecular weight excluding hydrogens is 291 g/mol. The second-order valence-corrected chi connectivity index (χ2v) is 4.26. The first-order valence-corrected chi connectivity index (χ1v) is 5.55. The summed E-state index contributed by atoms with van der Waals surface area (Å²) in [7, 11) is 0. The summed E-state index contributed by atoms with van der Waals surface area (Å²) in [5.74, 6) is -0.241. The van der Waals surface area contributed by atoms with Gasteiger partial charge in [-0.1, -0.05) is 5.16 Å². The number of rotatable bonds is 2. The monoisotopic (exact) mass is 298 g/mol. The first kappa shape index (κ1) is 11.8. The lowest BCUT2D eigenvalue weighted by molar-refractivity contribution is 0.101. The number of aromatic nitrogens is 1. The standard InChI is InChI=1S/C11H8BrFN2O2/c1-6-4-10(15-17-6)11(16)14-9-3-2-7(13)5-8(9)12/h2-5H,1H3,(H,14,16). The quantitative estimate of drug-likeness (QED) is 0.927. The van der Waals surface area contributed by atoms with Gasteiger partial charge in [-0.05, 0) is 41.1 Å². The van der Waals surface area contributed by atoms with Gasteiger partial charge in [0.05, 0.1) is 5.69 Å². The van der Waals surface area contributed by atoms with Crippen LogP contribution in [-0.2, 0) is 0 Å². The molecule has 1 aromatic carbocycles. The zero-order chi connectivity index (χ0) is 12.4. The van der Waals surface area contributed by atoms with Crippen LogP contribution in [0.1, 0.15) is 16.2 Å². The Hall–Kier alpha value is -1.69. The van der Waals surface area contributed by atoms with Crippen LogP contribution in [0.2, 0.25) is 0 Å². The molecule has 0 spiro atoms. The molecule has 6 heteroatoms. The maximum absolute atomic E-state index is 12.8. The molecule has 1 heterocycles. The van der Waals surface area contributed by atoms with Crippen LogP contribution in [0.4, 0.5) is 10.1 Å². The largest absolute Gasteiger partial charge is 0.361 e. The zero-order valence-electron chi connectivity index (χ0n) is 8.83. The molecule has 4 nitrogen and oxygen atoms in total. The molecule has 88 valence electrons. The molecule has 17 heavy (non-hydrogen) atoms. The highest BCUT2D eigenvalue weighted by molar-refractivity contribution is 9.10. The van der Waals surface area contributed by atoms with Crippen molar-refractivity contribution in [2.45, 2.75) is 6.92 Å². The second kappa shape index (κ2) is 4.67. The number of carbonyl (C=O) groups excluding carboxylic acids is 1. The van der Waals surface area contributed by atoms with Crippen LogP contribution in [0.3, 0.4) is 0 Å². The molecule has 1 amide bonds. The topological polar surface area (TPSA) is 55.1 Å². The second-order valence-electron chi connectivity index (χ2n) is 3.40. The Labute approximate surface area is 105 Å². The number of amides is 1. The van der Waals surface area contributed by atoms with Crippen molar-refractivity contribution in [3.8, 4) is 0 Å². The predicted octanol–water partition coefficient (Wildman–Crippen LogP) is 3.14. The normalized spacial score (nSPS) is 10.3. The van der Waals surface area contributed by atoms with Crippen molar-refractivity contribution in [2.24, 2.45) is 0 Å². The van der Waals surface area contributed by atoms with Gasteiger partial charge in [0.15, 0.2) is 5.69 Å². The van der Waals surface area contributed by atoms with Gasteiger partial charge in [-0.15, -0.1) is 0 Å². The van der Waals surface area contributed by atoms with E-state index in [1.807, 2.05) is 0 Å². The van der Waals surface area contributed by atoms with E-state index in [-0.39, 0.29) is 11.5 Å². The van der Waals surface area contributed by atoms with Crippen molar-refractivity contribution in [1.29, 1.82) is 0 Å². The van der Waals surface area contributed by atoms with Crippen molar-refractivity contribution in [3.05, 3.63) is 46.0 Å². The van der Waals surface area contributed by atoms with Crippen LogP contribution < -0.4 is 5.32 Å². The fourth-order valence-corrected chi connectivity index (χ4v) is 1.70. The fourth-order valence-electron chi connectivity index (χ4n) is 1.25. The molecule has 0 aliphatic carbocycles. The zero-order valence-corrected chi connectivity index (χ0v) is 10.4. The van der Waals surface area contributed by atoms with Crippen LogP contribution in [0.5, 0.6) is 0 Å². The van der Waals surface area contributed by atoms with E-state index in [2.05, 4.69) is 26.4 Å². The molecule has 0 unspecified atom stereocenters. The molecule has 0 fully saturated rings. The molecule has 0 aliphatic heterocycles. The third-order valence-corrected chi connectivity index (χ3v) is 2.70. The SMILES string of the molecule is Cc1cc(C(=O)Nc2ccc(F)cc2Br)no1. The number of hydrogen-bond acceptors (Lipinski definition) is 3. The average molecular weight is 299 g/mol. The van der Waals surface area contributed by atoms with Gasteiger partial charge < -0.3 is 9.84 Å². The van der Waals surface area contributed by atoms with Gasteiger partial charge in [-0.3, -0.25) is 4.79 Å². The number of benzene rings is 1. The van der Waals surface area contributed by atoms with Crippen LogP contribution in [-0.4, -0.2) is 11.1 Å². The van der Waals surface area contributed by atoms with Crippen molar-refractivity contribution >= 4 is 27.5 Å². The molecule has 2 rings (SSSR count). The summed E-state index contributed by atoms with van der Waals surface area (Å²) in [6.07, 6.45) is 0.